The first kappa shape index (κ1) is 89.0. The molecule has 9 aromatic carbocycles. The SMILES string of the molecule is Cc1ccc(C#Cc2ccc(CN3O[C@@H]([C@H](C)O)[C@@H](CO)[C@H]3C(=O)NCCc3c[nH]c4cc(F)ccc34)cc2)cc1.Cc1ccc(C#Cc2ccc(CN3O[C@@H]([C@H](C)O)[C@@H](CO)[C@H]3C(=O)NCCc3c[nH]c4cc(F)ccc34)cc2)cc1.Cc1ccc(C#Cc2ccc(CN3O[C@@H]([C@H](C)O)[C@H]4COC(=O)[C@H]43)cc2)cc1.NCCC1CNc2cc(F)ccc21. The van der Waals surface area contributed by atoms with E-state index < -0.39 is 66.6 Å². The summed E-state index contributed by atoms with van der Waals surface area (Å²) in [4.78, 5) is 62.9. The number of carbonyl (C=O) groups excluding carboxylic acids is 3. The molecule has 5 aliphatic heterocycles. The highest BCUT2D eigenvalue weighted by molar-refractivity contribution is 5.86. The van der Waals surface area contributed by atoms with E-state index in [0.717, 1.165) is 90.6 Å². The number of aromatic nitrogens is 2. The summed E-state index contributed by atoms with van der Waals surface area (Å²) < 4.78 is 45.0. The monoisotopic (exact) mass is 1670 g/mol. The number of hydrogen-bond donors (Lipinski definition) is 11. The third-order valence-corrected chi connectivity index (χ3v) is 22.7. The van der Waals surface area contributed by atoms with Crippen LogP contribution in [0.1, 0.15) is 117 Å². The number of amides is 2. The normalized spacial score (nSPS) is 20.8. The van der Waals surface area contributed by atoms with E-state index in [1.807, 2.05) is 178 Å². The predicted octanol–water partition coefficient (Wildman–Crippen LogP) is 11.8. The molecule has 123 heavy (non-hydrogen) atoms. The van der Waals surface area contributed by atoms with Crippen molar-refractivity contribution < 1.29 is 72.3 Å². The average Bonchev–Trinajstić information content (AvgIpc) is 1.60. The number of H-pyrrole nitrogens is 2. The lowest BCUT2D eigenvalue weighted by Crippen LogP contribution is -2.48. The van der Waals surface area contributed by atoms with E-state index in [1.54, 1.807) is 54.2 Å². The van der Waals surface area contributed by atoms with Gasteiger partial charge in [-0.15, -0.1) is 0 Å². The molecule has 0 spiro atoms. The fourth-order valence-corrected chi connectivity index (χ4v) is 16.0. The number of nitrogens with one attached hydrogen (secondary N) is 5. The summed E-state index contributed by atoms with van der Waals surface area (Å²) >= 11 is 0. The van der Waals surface area contributed by atoms with E-state index >= 15 is 0 Å². The molecule has 0 bridgehead atoms. The van der Waals surface area contributed by atoms with E-state index in [-0.39, 0.29) is 67.5 Å². The Morgan fingerprint density at radius 2 is 0.854 bits per heavy atom. The maximum absolute atomic E-state index is 13.5. The number of hydrogen-bond acceptors (Lipinski definition) is 17. The second-order valence-corrected chi connectivity index (χ2v) is 31.9. The molecule has 5 aliphatic rings. The third kappa shape index (κ3) is 23.0. The van der Waals surface area contributed by atoms with Crippen molar-refractivity contribution in [2.45, 2.75) is 141 Å². The number of esters is 1. The van der Waals surface area contributed by atoms with Crippen LogP contribution in [0.2, 0.25) is 0 Å². The van der Waals surface area contributed by atoms with E-state index in [2.05, 4.69) is 68.4 Å². The molecule has 24 heteroatoms. The van der Waals surface area contributed by atoms with Crippen LogP contribution >= 0.6 is 0 Å². The van der Waals surface area contributed by atoms with Crippen LogP contribution in [0, 0.1) is 91.5 Å². The highest BCUT2D eigenvalue weighted by Gasteiger charge is 2.55. The summed E-state index contributed by atoms with van der Waals surface area (Å²) in [6.07, 6.45) is 1.40. The molecule has 7 heterocycles. The first-order chi connectivity index (χ1) is 59.5. The average molecular weight is 1670 g/mol. The fourth-order valence-electron chi connectivity index (χ4n) is 16.0. The van der Waals surface area contributed by atoms with Crippen molar-refractivity contribution in [3.8, 4) is 35.5 Å². The zero-order chi connectivity index (χ0) is 86.8. The minimum absolute atomic E-state index is 0.132. The Bertz CT molecular complexity index is 5380. The summed E-state index contributed by atoms with van der Waals surface area (Å²) in [5.41, 5.74) is 22.9. The van der Waals surface area contributed by atoms with Crippen LogP contribution < -0.4 is 21.7 Å². The predicted molar refractivity (Wildman–Crippen MR) is 465 cm³/mol. The Kier molecular flexibility index (Phi) is 30.3. The van der Waals surface area contributed by atoms with Gasteiger partial charge in [-0.25, -0.2) is 13.2 Å². The number of hydroxylamine groups is 6. The third-order valence-electron chi connectivity index (χ3n) is 22.7. The summed E-state index contributed by atoms with van der Waals surface area (Å²) in [6.45, 7) is 13.9. The van der Waals surface area contributed by atoms with Crippen molar-refractivity contribution in [2.75, 3.05) is 51.3 Å². The molecule has 2 aromatic heterocycles. The summed E-state index contributed by atoms with van der Waals surface area (Å²) in [7, 11) is 0. The lowest BCUT2D eigenvalue weighted by molar-refractivity contribution is -0.202. The number of ether oxygens (including phenoxy) is 1. The largest absolute Gasteiger partial charge is 0.464 e. The van der Waals surface area contributed by atoms with Gasteiger partial charge in [0, 0.05) is 111 Å². The molecule has 4 saturated heterocycles. The van der Waals surface area contributed by atoms with Gasteiger partial charge in [0.25, 0.3) is 0 Å². The molecule has 4 fully saturated rings. The highest BCUT2D eigenvalue weighted by Crippen LogP contribution is 2.38. The molecule has 0 radical (unpaired) electrons. The van der Waals surface area contributed by atoms with Gasteiger partial charge in [-0.05, 0) is 222 Å². The Balaban J connectivity index is 0.000000150. The number of rotatable bonds is 21. The number of halogens is 3. The number of carbonyl (C=O) groups is 3. The van der Waals surface area contributed by atoms with Crippen LogP contribution in [0.3, 0.4) is 0 Å². The molecule has 638 valence electrons. The van der Waals surface area contributed by atoms with Gasteiger partial charge in [0.1, 0.15) is 53.9 Å². The number of nitrogens with zero attached hydrogens (tertiary/aromatic N) is 3. The molecule has 1 unspecified atom stereocenters. The minimum Gasteiger partial charge on any atom is -0.464 e. The molecule has 11 aromatic rings. The Morgan fingerprint density at radius 1 is 0.496 bits per heavy atom. The Hall–Kier alpha value is -11.7. The maximum atomic E-state index is 13.5. The first-order valence-electron chi connectivity index (χ1n) is 41.5. The van der Waals surface area contributed by atoms with Gasteiger partial charge in [-0.2, -0.15) is 15.2 Å². The lowest BCUT2D eigenvalue weighted by Gasteiger charge is -2.24. The van der Waals surface area contributed by atoms with Crippen LogP contribution in [-0.2, 0) is 66.1 Å². The second kappa shape index (κ2) is 41.9. The zero-order valence-corrected chi connectivity index (χ0v) is 69.6. The summed E-state index contributed by atoms with van der Waals surface area (Å²) in [5.74, 6) is 16.4. The maximum Gasteiger partial charge on any atom is 0.326 e. The van der Waals surface area contributed by atoms with Crippen LogP contribution in [-0.4, -0.2) is 169 Å². The smallest absolute Gasteiger partial charge is 0.326 e. The van der Waals surface area contributed by atoms with Crippen molar-refractivity contribution in [1.29, 1.82) is 0 Å². The van der Waals surface area contributed by atoms with Crippen molar-refractivity contribution in [3.05, 3.63) is 313 Å². The number of aliphatic hydroxyl groups excluding tert-OH is 5. The molecule has 13 atom stereocenters. The molecule has 2 amide bonds. The summed E-state index contributed by atoms with van der Waals surface area (Å²) in [6, 6.07) is 59.5. The molecule has 12 N–H and O–H groups in total. The lowest BCUT2D eigenvalue weighted by atomic mass is 9.92. The van der Waals surface area contributed by atoms with Crippen LogP contribution in [0.15, 0.2) is 213 Å². The molecule has 16 rings (SSSR count). The van der Waals surface area contributed by atoms with Crippen LogP contribution in [0.25, 0.3) is 21.8 Å². The standard InChI is InChI=1S/2C33H34FN3O4.C23H23NO4.C10H13FN2/c2*1-21-3-5-23(6-4-21)7-8-24-9-11-25(12-10-24)19-37-31(29(20-38)32(41-37)22(2)39)33(40)35-16-15-26-18-36-30-17-27(34)13-14-28(26)30;1-15-3-5-17(6-4-15)7-8-18-9-11-19(12-10-18)13-24-21-20(14-27-23(21)26)22(28-24)16(2)25;11-8-1-2-9-7(3-4-12)6-13-10(9)5-8/h2*3-6,9-14,17-18,22,29,31-32,36,38-39H,15-16,19-20H2,1-2H3,(H,35,40);3-6,9-12,16,20-22,25H,13-14H2,1-2H3;1-2,5,7,13H,3-4,6,12H2/t2*22-,29-,31-,32-;16-,20-,21-,22-;/m000./s1. The Labute approximate surface area is 714 Å². The number of anilines is 1. The van der Waals surface area contributed by atoms with E-state index in [0.29, 0.717) is 62.6 Å². The number of aryl methyl sites for hydroxylation is 3. The van der Waals surface area contributed by atoms with Crippen molar-refractivity contribution in [3.63, 3.8) is 0 Å². The topological polar surface area (TPSA) is 293 Å². The Morgan fingerprint density at radius 3 is 1.23 bits per heavy atom. The van der Waals surface area contributed by atoms with Gasteiger partial charge >= 0.3 is 5.97 Å². The van der Waals surface area contributed by atoms with Gasteiger partial charge in [0.05, 0.1) is 63.7 Å². The van der Waals surface area contributed by atoms with Crippen molar-refractivity contribution in [2.24, 2.45) is 23.5 Å². The fraction of sp³-hybridized carbons (Fsp3) is 0.323. The molecule has 0 aliphatic carbocycles. The quantitative estimate of drug-likeness (QED) is 0.0235. The minimum atomic E-state index is -0.876. The number of aromatic amines is 2. The first-order valence-corrected chi connectivity index (χ1v) is 41.5. The van der Waals surface area contributed by atoms with Crippen LogP contribution in [0.5, 0.6) is 0 Å². The number of benzene rings is 9. The molecular weight excluding hydrogens is 1560 g/mol. The highest BCUT2D eigenvalue weighted by atomic mass is 19.1. The van der Waals surface area contributed by atoms with Crippen molar-refractivity contribution in [1.82, 2.24) is 35.8 Å². The van der Waals surface area contributed by atoms with E-state index in [9.17, 15) is 53.1 Å². The van der Waals surface area contributed by atoms with Crippen LogP contribution in [0.4, 0.5) is 18.9 Å². The van der Waals surface area contributed by atoms with Gasteiger partial charge in [0.2, 0.25) is 11.8 Å². The molecule has 21 nitrogen and oxygen atoms in total. The van der Waals surface area contributed by atoms with Crippen molar-refractivity contribution >= 4 is 45.3 Å². The van der Waals surface area contributed by atoms with Gasteiger partial charge in [-0.3, -0.25) is 28.9 Å². The van der Waals surface area contributed by atoms with E-state index in [1.165, 1.54) is 52.6 Å². The number of cyclic esters (lactones) is 1. The summed E-state index contributed by atoms with van der Waals surface area (Å²) in [5, 5.41) is 66.6. The van der Waals surface area contributed by atoms with E-state index in [4.69, 9.17) is 25.0 Å². The molecule has 0 saturated carbocycles. The number of aliphatic hydroxyl groups is 5. The van der Waals surface area contributed by atoms with Gasteiger partial charge in [0.15, 0.2) is 0 Å². The second-order valence-electron chi connectivity index (χ2n) is 31.9. The van der Waals surface area contributed by atoms with Gasteiger partial charge in [-0.1, -0.05) is 131 Å². The van der Waals surface area contributed by atoms with Gasteiger partial charge < -0.3 is 61.9 Å². The number of nitrogens with two attached hydrogens (primary N) is 1. The molecular formula is C99H104F3N9O12. The zero-order valence-electron chi connectivity index (χ0n) is 69.6. The number of fused-ring (bicyclic) bond motifs is 4.